The van der Waals surface area contributed by atoms with Crippen molar-refractivity contribution in [1.29, 1.82) is 0 Å². The summed E-state index contributed by atoms with van der Waals surface area (Å²) in [5, 5.41) is 2.34. The average molecular weight is 440 g/mol. The Morgan fingerprint density at radius 1 is 0.939 bits per heavy atom. The van der Waals surface area contributed by atoms with Gasteiger partial charge in [0.1, 0.15) is 5.78 Å². The Hall–Kier alpha value is -3.20. The third-order valence-electron chi connectivity index (χ3n) is 6.71. The summed E-state index contributed by atoms with van der Waals surface area (Å²) in [6.45, 7) is 5.79. The van der Waals surface area contributed by atoms with Crippen LogP contribution < -0.4 is 4.90 Å². The molecule has 0 saturated heterocycles. The number of carbonyl (C=O) groups excluding carboxylic acids is 2. The minimum absolute atomic E-state index is 0.0275. The van der Waals surface area contributed by atoms with Crippen molar-refractivity contribution in [2.24, 2.45) is 5.41 Å². The quantitative estimate of drug-likeness (QED) is 0.421. The summed E-state index contributed by atoms with van der Waals surface area (Å²) >= 11 is 0. The van der Waals surface area contributed by atoms with E-state index >= 15 is 0 Å². The number of nitrogens with zero attached hydrogens (tertiary/aromatic N) is 1. The van der Waals surface area contributed by atoms with Gasteiger partial charge in [-0.2, -0.15) is 0 Å². The first-order valence-corrected chi connectivity index (χ1v) is 11.9. The van der Waals surface area contributed by atoms with Gasteiger partial charge >= 0.3 is 0 Å². The van der Waals surface area contributed by atoms with E-state index in [4.69, 9.17) is 0 Å². The zero-order chi connectivity index (χ0) is 23.5. The summed E-state index contributed by atoms with van der Waals surface area (Å²) in [7, 11) is 0. The van der Waals surface area contributed by atoms with Crippen LogP contribution >= 0.6 is 0 Å². The molecule has 3 aromatic carbocycles. The molecule has 0 aromatic heterocycles. The van der Waals surface area contributed by atoms with E-state index in [9.17, 15) is 9.59 Å². The Labute approximate surface area is 197 Å². The van der Waals surface area contributed by atoms with Crippen molar-refractivity contribution in [3.63, 3.8) is 0 Å². The van der Waals surface area contributed by atoms with E-state index in [1.807, 2.05) is 75.5 Å². The lowest BCUT2D eigenvalue weighted by Crippen LogP contribution is -2.39. The number of benzene rings is 3. The van der Waals surface area contributed by atoms with Gasteiger partial charge in [0.25, 0.3) is 0 Å². The maximum atomic E-state index is 13.4. The van der Waals surface area contributed by atoms with Gasteiger partial charge in [-0.25, -0.2) is 0 Å². The molecule has 3 heteroatoms. The monoisotopic (exact) mass is 439 g/mol. The molecule has 1 aliphatic rings. The van der Waals surface area contributed by atoms with Crippen LogP contribution in [0.25, 0.3) is 10.8 Å². The Bertz CT molecular complexity index is 1170. The molecular weight excluding hydrogens is 406 g/mol. The van der Waals surface area contributed by atoms with Gasteiger partial charge in [0.15, 0.2) is 0 Å². The summed E-state index contributed by atoms with van der Waals surface area (Å²) in [6.07, 6.45) is 7.93. The molecule has 1 fully saturated rings. The molecule has 170 valence electrons. The zero-order valence-corrected chi connectivity index (χ0v) is 19.9. The molecule has 0 aliphatic heterocycles. The van der Waals surface area contributed by atoms with Crippen LogP contribution in [0.5, 0.6) is 0 Å². The number of amides is 1. The van der Waals surface area contributed by atoms with Crippen LogP contribution in [0.1, 0.15) is 58.4 Å². The molecule has 3 aromatic rings. The van der Waals surface area contributed by atoms with Crippen molar-refractivity contribution in [3.8, 4) is 0 Å². The first-order valence-electron chi connectivity index (χ1n) is 11.9. The summed E-state index contributed by atoms with van der Waals surface area (Å²) in [4.78, 5) is 28.3. The number of rotatable bonds is 5. The molecule has 1 aliphatic carbocycles. The molecule has 0 heterocycles. The lowest BCUT2D eigenvalue weighted by Gasteiger charge is -2.36. The minimum Gasteiger partial charge on any atom is -0.299 e. The molecule has 0 unspecified atom stereocenters. The largest absolute Gasteiger partial charge is 0.299 e. The molecule has 1 saturated carbocycles. The summed E-state index contributed by atoms with van der Waals surface area (Å²) < 4.78 is 0. The number of hydrogen-bond acceptors (Lipinski definition) is 2. The maximum absolute atomic E-state index is 13.4. The predicted molar refractivity (Wildman–Crippen MR) is 136 cm³/mol. The van der Waals surface area contributed by atoms with Crippen molar-refractivity contribution in [2.75, 3.05) is 4.90 Å². The van der Waals surface area contributed by atoms with Crippen molar-refractivity contribution in [1.82, 2.24) is 0 Å². The van der Waals surface area contributed by atoms with E-state index in [2.05, 4.69) is 30.3 Å². The van der Waals surface area contributed by atoms with Crippen LogP contribution in [0.2, 0.25) is 0 Å². The molecule has 0 spiro atoms. The maximum Gasteiger partial charge on any atom is 0.236 e. The van der Waals surface area contributed by atoms with Crippen LogP contribution in [0, 0.1) is 5.41 Å². The molecule has 3 nitrogen and oxygen atoms in total. The van der Waals surface area contributed by atoms with Crippen molar-refractivity contribution in [3.05, 3.63) is 90.6 Å². The number of hydrogen-bond donors (Lipinski definition) is 0. The first kappa shape index (κ1) is 23.0. The fraction of sp³-hybridized carbons (Fsp3) is 0.333. The highest BCUT2D eigenvalue weighted by Crippen LogP contribution is 2.41. The molecule has 0 N–H and O–H groups in total. The lowest BCUT2D eigenvalue weighted by molar-refractivity contribution is -0.126. The van der Waals surface area contributed by atoms with Gasteiger partial charge in [-0.3, -0.25) is 14.5 Å². The van der Waals surface area contributed by atoms with E-state index in [-0.39, 0.29) is 5.91 Å². The number of allylic oxidation sites excluding steroid dienone is 1. The van der Waals surface area contributed by atoms with Crippen molar-refractivity contribution in [2.45, 2.75) is 58.3 Å². The fourth-order valence-electron chi connectivity index (χ4n) is 4.80. The summed E-state index contributed by atoms with van der Waals surface area (Å²) in [6, 6.07) is 24.4. The number of ketones is 1. The van der Waals surface area contributed by atoms with Gasteiger partial charge in [-0.05, 0) is 47.7 Å². The van der Waals surface area contributed by atoms with Gasteiger partial charge in [0.2, 0.25) is 5.91 Å². The van der Waals surface area contributed by atoms with E-state index in [1.54, 1.807) is 4.90 Å². The van der Waals surface area contributed by atoms with Crippen LogP contribution in [-0.4, -0.2) is 11.7 Å². The summed E-state index contributed by atoms with van der Waals surface area (Å²) in [5.74, 6) is 0.335. The SMILES string of the molecule is CC(C)(C)C(=O)N(/C=C/C[C@]1(c2ccc3ccccc3c2)CCCCC1=O)c1ccccc1. The van der Waals surface area contributed by atoms with E-state index in [0.29, 0.717) is 18.6 Å². The van der Waals surface area contributed by atoms with Gasteiger partial charge in [0, 0.05) is 23.7 Å². The van der Waals surface area contributed by atoms with Gasteiger partial charge < -0.3 is 0 Å². The molecule has 33 heavy (non-hydrogen) atoms. The number of carbonyl (C=O) groups is 2. The van der Waals surface area contributed by atoms with Crippen molar-refractivity contribution < 1.29 is 9.59 Å². The Morgan fingerprint density at radius 3 is 2.33 bits per heavy atom. The second-order valence-electron chi connectivity index (χ2n) is 10.1. The second kappa shape index (κ2) is 9.35. The molecule has 0 radical (unpaired) electrons. The molecular formula is C30H33NO2. The Balaban J connectivity index is 1.70. The van der Waals surface area contributed by atoms with E-state index in [0.717, 1.165) is 35.9 Å². The Kier molecular flexibility index (Phi) is 6.51. The predicted octanol–water partition coefficient (Wildman–Crippen LogP) is 7.20. The molecule has 1 amide bonds. The average Bonchev–Trinajstić information content (AvgIpc) is 2.82. The topological polar surface area (TPSA) is 37.4 Å². The van der Waals surface area contributed by atoms with Crippen LogP contribution in [0.4, 0.5) is 5.69 Å². The van der Waals surface area contributed by atoms with Crippen LogP contribution in [0.3, 0.4) is 0 Å². The van der Waals surface area contributed by atoms with Gasteiger partial charge in [0.05, 0.1) is 5.41 Å². The number of anilines is 1. The highest BCUT2D eigenvalue weighted by Gasteiger charge is 2.40. The standard InChI is InChI=1S/C30H33NO2/c1-29(2,3)28(33)31(26-14-5-4-6-15-26)21-11-20-30(19-10-9-16-27(30)32)25-18-17-23-12-7-8-13-24(23)22-25/h4-8,11-15,17-18,21-22H,9-10,16,19-20H2,1-3H3/b21-11+/t30-/m0/s1. The third kappa shape index (κ3) is 4.78. The van der Waals surface area contributed by atoms with Crippen LogP contribution in [-0.2, 0) is 15.0 Å². The molecule has 1 atom stereocenters. The molecule has 0 bridgehead atoms. The minimum atomic E-state index is -0.536. The highest BCUT2D eigenvalue weighted by molar-refractivity contribution is 5.98. The van der Waals surface area contributed by atoms with Crippen molar-refractivity contribution >= 4 is 28.2 Å². The van der Waals surface area contributed by atoms with E-state index in [1.165, 1.54) is 5.39 Å². The lowest BCUT2D eigenvalue weighted by atomic mass is 9.66. The van der Waals surface area contributed by atoms with Gasteiger partial charge in [-0.15, -0.1) is 0 Å². The number of Topliss-reactive ketones (excluding diaryl/α,β-unsaturated/α-hetero) is 1. The summed E-state index contributed by atoms with van der Waals surface area (Å²) in [5.41, 5.74) is 0.871. The normalized spacial score (nSPS) is 19.2. The fourth-order valence-corrected chi connectivity index (χ4v) is 4.80. The first-order chi connectivity index (χ1) is 15.8. The van der Waals surface area contributed by atoms with Crippen LogP contribution in [0.15, 0.2) is 85.1 Å². The van der Waals surface area contributed by atoms with Gasteiger partial charge in [-0.1, -0.05) is 93.9 Å². The zero-order valence-electron chi connectivity index (χ0n) is 19.9. The number of fused-ring (bicyclic) bond motifs is 1. The Morgan fingerprint density at radius 2 is 1.64 bits per heavy atom. The van der Waals surface area contributed by atoms with E-state index < -0.39 is 10.8 Å². The third-order valence-corrected chi connectivity index (χ3v) is 6.71. The smallest absolute Gasteiger partial charge is 0.236 e. The number of para-hydroxylation sites is 1. The highest BCUT2D eigenvalue weighted by atomic mass is 16.2. The second-order valence-corrected chi connectivity index (χ2v) is 10.1. The molecule has 4 rings (SSSR count).